The van der Waals surface area contributed by atoms with Crippen molar-refractivity contribution in [2.75, 3.05) is 6.54 Å². The molecule has 0 unspecified atom stereocenters. The second kappa shape index (κ2) is 15.5. The maximum atomic E-state index is 13.7. The third-order valence-electron chi connectivity index (χ3n) is 7.08. The third-order valence-corrected chi connectivity index (χ3v) is 7.08. The Morgan fingerprint density at radius 3 is 1.88 bits per heavy atom. The molecule has 2 aromatic rings. The van der Waals surface area contributed by atoms with Crippen molar-refractivity contribution in [3.63, 3.8) is 0 Å². The van der Waals surface area contributed by atoms with Crippen LogP contribution >= 0.6 is 0 Å². The maximum absolute atomic E-state index is 13.7. The summed E-state index contributed by atoms with van der Waals surface area (Å²) in [7, 11) is 0. The van der Waals surface area contributed by atoms with Crippen LogP contribution in [0.1, 0.15) is 65.0 Å². The fourth-order valence-electron chi connectivity index (χ4n) is 4.87. The summed E-state index contributed by atoms with van der Waals surface area (Å²) in [5, 5.41) is 11.8. The summed E-state index contributed by atoms with van der Waals surface area (Å²) in [6, 6.07) is 15.7. The van der Waals surface area contributed by atoms with Gasteiger partial charge in [0.05, 0.1) is 6.04 Å². The van der Waals surface area contributed by atoms with E-state index < -0.39 is 41.5 Å². The zero-order valence-electron chi connectivity index (χ0n) is 25.4. The van der Waals surface area contributed by atoms with Crippen LogP contribution in [0.3, 0.4) is 0 Å². The molecule has 1 fully saturated rings. The first-order chi connectivity index (χ1) is 19.9. The molecule has 4 atom stereocenters. The van der Waals surface area contributed by atoms with Crippen molar-refractivity contribution < 1.29 is 23.9 Å². The van der Waals surface area contributed by atoms with Crippen LogP contribution in [-0.4, -0.2) is 60.0 Å². The molecule has 1 aliphatic heterocycles. The highest BCUT2D eigenvalue weighted by Gasteiger charge is 2.34. The van der Waals surface area contributed by atoms with E-state index >= 15 is 0 Å². The quantitative estimate of drug-likeness (QED) is 0.287. The van der Waals surface area contributed by atoms with Crippen molar-refractivity contribution in [2.24, 2.45) is 5.92 Å². The highest BCUT2D eigenvalue weighted by molar-refractivity contribution is 5.94. The second-order valence-corrected chi connectivity index (χ2v) is 12.3. The fraction of sp³-hybridized carbons (Fsp3) is 0.515. The number of carbonyl (C=O) groups excluding carboxylic acids is 4. The van der Waals surface area contributed by atoms with Crippen molar-refractivity contribution in [1.82, 2.24) is 21.3 Å². The van der Waals surface area contributed by atoms with Crippen LogP contribution in [0.2, 0.25) is 0 Å². The van der Waals surface area contributed by atoms with Crippen LogP contribution < -0.4 is 21.3 Å². The number of carbonyl (C=O) groups is 4. The first kappa shape index (κ1) is 32.8. The predicted molar refractivity (Wildman–Crippen MR) is 162 cm³/mol. The summed E-state index contributed by atoms with van der Waals surface area (Å²) in [6.07, 6.45) is 3.17. The van der Waals surface area contributed by atoms with Gasteiger partial charge in [-0.05, 0) is 57.2 Å². The monoisotopic (exact) mass is 578 g/mol. The van der Waals surface area contributed by atoms with E-state index in [4.69, 9.17) is 4.74 Å². The number of benzene rings is 2. The lowest BCUT2D eigenvalue weighted by Gasteiger charge is -2.29. The molecule has 0 bridgehead atoms. The lowest BCUT2D eigenvalue weighted by molar-refractivity contribution is -0.158. The van der Waals surface area contributed by atoms with Gasteiger partial charge in [-0.25, -0.2) is 4.79 Å². The molecule has 9 heteroatoms. The number of rotatable bonds is 12. The van der Waals surface area contributed by atoms with Gasteiger partial charge in [-0.2, -0.15) is 0 Å². The van der Waals surface area contributed by atoms with Gasteiger partial charge in [-0.3, -0.25) is 14.4 Å². The van der Waals surface area contributed by atoms with Crippen LogP contribution in [0.5, 0.6) is 0 Å². The van der Waals surface area contributed by atoms with Gasteiger partial charge >= 0.3 is 5.97 Å². The van der Waals surface area contributed by atoms with Gasteiger partial charge < -0.3 is 26.0 Å². The average Bonchev–Trinajstić information content (AvgIpc) is 2.95. The Labute approximate surface area is 249 Å². The summed E-state index contributed by atoms with van der Waals surface area (Å²) in [4.78, 5) is 53.5. The number of piperidine rings is 1. The average molecular weight is 579 g/mol. The number of hydrogen-bond donors (Lipinski definition) is 4. The molecule has 3 amide bonds. The minimum Gasteiger partial charge on any atom is -0.458 e. The SMILES string of the molecule is CC(C)[C@H](NC(=O)[C@H](Cc1ccccc1)NC(=O)[C@@H]1CCCCN1)C(=O)N[C@@H](Cc1ccccc1)C(=O)OC(C)(C)C. The highest BCUT2D eigenvalue weighted by Crippen LogP contribution is 2.14. The van der Waals surface area contributed by atoms with Gasteiger partial charge in [0.2, 0.25) is 17.7 Å². The van der Waals surface area contributed by atoms with E-state index in [1.165, 1.54) is 0 Å². The van der Waals surface area contributed by atoms with E-state index in [2.05, 4.69) is 21.3 Å². The van der Waals surface area contributed by atoms with Gasteiger partial charge in [0.1, 0.15) is 23.7 Å². The first-order valence-electron chi connectivity index (χ1n) is 14.9. The second-order valence-electron chi connectivity index (χ2n) is 12.3. The molecule has 228 valence electrons. The van der Waals surface area contributed by atoms with Crippen molar-refractivity contribution >= 4 is 23.7 Å². The lowest BCUT2D eigenvalue weighted by Crippen LogP contribution is -2.59. The number of ether oxygens (including phenoxy) is 1. The molecule has 0 aromatic heterocycles. The zero-order valence-corrected chi connectivity index (χ0v) is 25.4. The lowest BCUT2D eigenvalue weighted by atomic mass is 9.99. The summed E-state index contributed by atoms with van der Waals surface area (Å²) in [5.74, 6) is -2.04. The van der Waals surface area contributed by atoms with E-state index in [1.807, 2.05) is 74.5 Å². The Bertz CT molecular complexity index is 1170. The van der Waals surface area contributed by atoms with Crippen LogP contribution in [0.4, 0.5) is 0 Å². The number of esters is 1. The summed E-state index contributed by atoms with van der Waals surface area (Å²) >= 11 is 0. The first-order valence-corrected chi connectivity index (χ1v) is 14.9. The summed E-state index contributed by atoms with van der Waals surface area (Å²) < 4.78 is 5.61. The molecule has 4 N–H and O–H groups in total. The molecule has 3 rings (SSSR count). The van der Waals surface area contributed by atoms with Crippen molar-refractivity contribution in [1.29, 1.82) is 0 Å². The molecule has 1 aliphatic rings. The zero-order chi connectivity index (χ0) is 30.7. The summed E-state index contributed by atoms with van der Waals surface area (Å²) in [5.41, 5.74) is 1.01. The normalized spacial score (nSPS) is 17.4. The molecule has 42 heavy (non-hydrogen) atoms. The Morgan fingerprint density at radius 1 is 0.810 bits per heavy atom. The predicted octanol–water partition coefficient (Wildman–Crippen LogP) is 3.07. The molecular weight excluding hydrogens is 532 g/mol. The molecule has 0 aliphatic carbocycles. The van der Waals surface area contributed by atoms with Gasteiger partial charge in [0.15, 0.2) is 0 Å². The molecule has 1 heterocycles. The Balaban J connectivity index is 1.77. The minimum atomic E-state index is -0.950. The van der Waals surface area contributed by atoms with Gasteiger partial charge in [-0.15, -0.1) is 0 Å². The van der Waals surface area contributed by atoms with E-state index in [9.17, 15) is 19.2 Å². The molecule has 0 saturated carbocycles. The molecule has 2 aromatic carbocycles. The minimum absolute atomic E-state index is 0.232. The van der Waals surface area contributed by atoms with Crippen LogP contribution in [0.15, 0.2) is 60.7 Å². The fourth-order valence-corrected chi connectivity index (χ4v) is 4.87. The standard InChI is InChI=1S/C33H46N4O5/c1-22(2)28(31(40)36-27(32(41)42-33(3,4)5)21-24-16-10-7-11-17-24)37-30(39)26(20-23-14-8-6-9-15-23)35-29(38)25-18-12-13-19-34-25/h6-11,14-17,22,25-28,34H,12-13,18-21H2,1-5H3,(H,35,38)(H,36,40)(H,37,39)/t25-,26-,27-,28-/m0/s1. The maximum Gasteiger partial charge on any atom is 0.329 e. The van der Waals surface area contributed by atoms with E-state index in [0.29, 0.717) is 6.42 Å². The molecule has 0 radical (unpaired) electrons. The number of hydrogen-bond acceptors (Lipinski definition) is 6. The third kappa shape index (κ3) is 10.6. The van der Waals surface area contributed by atoms with Crippen molar-refractivity contribution in [3.05, 3.63) is 71.8 Å². The van der Waals surface area contributed by atoms with Crippen molar-refractivity contribution in [2.45, 2.75) is 96.5 Å². The number of nitrogens with one attached hydrogen (secondary N) is 4. The molecular formula is C33H46N4O5. The Hall–Kier alpha value is -3.72. The highest BCUT2D eigenvalue weighted by atomic mass is 16.6. The van der Waals surface area contributed by atoms with E-state index in [0.717, 1.165) is 30.5 Å². The van der Waals surface area contributed by atoms with E-state index in [-0.39, 0.29) is 30.7 Å². The van der Waals surface area contributed by atoms with Gasteiger partial charge in [0.25, 0.3) is 0 Å². The van der Waals surface area contributed by atoms with Crippen molar-refractivity contribution in [3.8, 4) is 0 Å². The van der Waals surface area contributed by atoms with Crippen LogP contribution in [0, 0.1) is 5.92 Å². The largest absolute Gasteiger partial charge is 0.458 e. The Morgan fingerprint density at radius 2 is 1.38 bits per heavy atom. The van der Waals surface area contributed by atoms with E-state index in [1.54, 1.807) is 20.8 Å². The number of amides is 3. The van der Waals surface area contributed by atoms with Crippen LogP contribution in [-0.2, 0) is 36.8 Å². The van der Waals surface area contributed by atoms with Gasteiger partial charge in [-0.1, -0.05) is 80.9 Å². The molecule has 0 spiro atoms. The van der Waals surface area contributed by atoms with Crippen LogP contribution in [0.25, 0.3) is 0 Å². The molecule has 1 saturated heterocycles. The summed E-state index contributed by atoms with van der Waals surface area (Å²) in [6.45, 7) is 9.71. The topological polar surface area (TPSA) is 126 Å². The Kier molecular flexibility index (Phi) is 12.1. The van der Waals surface area contributed by atoms with Gasteiger partial charge in [0, 0.05) is 12.8 Å². The molecule has 9 nitrogen and oxygen atoms in total. The smallest absolute Gasteiger partial charge is 0.329 e.